The molecule has 0 aromatic heterocycles. The Morgan fingerprint density at radius 2 is 1.76 bits per heavy atom. The molecule has 0 bridgehead atoms. The first-order valence-electron chi connectivity index (χ1n) is 9.03. The van der Waals surface area contributed by atoms with Gasteiger partial charge in [0.1, 0.15) is 0 Å². The molecule has 2 heterocycles. The van der Waals surface area contributed by atoms with Crippen molar-refractivity contribution in [3.8, 4) is 0 Å². The molecule has 2 aliphatic rings. The summed E-state index contributed by atoms with van der Waals surface area (Å²) in [6.07, 6.45) is 3.24. The van der Waals surface area contributed by atoms with Crippen molar-refractivity contribution in [3.05, 3.63) is 71.8 Å². The molecule has 132 valence electrons. The van der Waals surface area contributed by atoms with Crippen LogP contribution in [0.4, 0.5) is 0 Å². The highest BCUT2D eigenvalue weighted by atomic mass is 32.1. The van der Waals surface area contributed by atoms with Gasteiger partial charge in [0, 0.05) is 24.3 Å². The zero-order chi connectivity index (χ0) is 17.1. The smallest absolute Gasteiger partial charge is 0.194 e. The van der Waals surface area contributed by atoms with Crippen molar-refractivity contribution in [2.24, 2.45) is 0 Å². The lowest BCUT2D eigenvalue weighted by Crippen LogP contribution is -2.39. The van der Waals surface area contributed by atoms with E-state index >= 15 is 0 Å². The number of hydrogen-bond acceptors (Lipinski definition) is 3. The summed E-state index contributed by atoms with van der Waals surface area (Å²) in [5.74, 6) is 1.08. The van der Waals surface area contributed by atoms with Crippen molar-refractivity contribution in [3.63, 3.8) is 0 Å². The van der Waals surface area contributed by atoms with Gasteiger partial charge in [0.05, 0.1) is 6.10 Å². The number of benzene rings is 2. The maximum atomic E-state index is 10.2. The quantitative estimate of drug-likeness (QED) is 0.475. The summed E-state index contributed by atoms with van der Waals surface area (Å²) in [5, 5.41) is 12.2. The van der Waals surface area contributed by atoms with E-state index in [1.165, 1.54) is 27.3 Å². The molecule has 2 aliphatic heterocycles. The molecule has 0 amide bonds. The second-order valence-electron chi connectivity index (χ2n) is 6.85. The van der Waals surface area contributed by atoms with Gasteiger partial charge in [-0.05, 0) is 29.7 Å². The fourth-order valence-corrected chi connectivity index (χ4v) is 5.03. The van der Waals surface area contributed by atoms with E-state index in [1.807, 2.05) is 0 Å². The van der Waals surface area contributed by atoms with Crippen molar-refractivity contribution in [1.29, 1.82) is 0 Å². The van der Waals surface area contributed by atoms with E-state index in [2.05, 4.69) is 65.7 Å². The number of piperidine rings is 1. The summed E-state index contributed by atoms with van der Waals surface area (Å²) in [4.78, 5) is 7.39. The van der Waals surface area contributed by atoms with Crippen molar-refractivity contribution in [1.82, 2.24) is 5.06 Å². The standard InChI is InChI=1S/C21H25NO2S/c23-19-11-13-22-21(16-19,24-22)20(15-18-9-5-2-6-10-18)25-14-12-17-7-3-1-4-8-17/h1-10,19,23,25H,11-16H2. The first kappa shape index (κ1) is 17.0. The Hall–Kier alpha value is -1.46. The number of aryl methyl sites for hydroxylation is 1. The zero-order valence-electron chi connectivity index (χ0n) is 14.3. The predicted octanol–water partition coefficient (Wildman–Crippen LogP) is 3.21. The second-order valence-corrected chi connectivity index (χ2v) is 8.15. The molecule has 2 aromatic rings. The molecule has 1 N–H and O–H groups in total. The third kappa shape index (κ3) is 3.87. The molecule has 3 unspecified atom stereocenters. The molecular weight excluding hydrogens is 330 g/mol. The number of aliphatic hydroxyl groups is 1. The zero-order valence-corrected chi connectivity index (χ0v) is 15.2. The van der Waals surface area contributed by atoms with Crippen LogP contribution in [0.5, 0.6) is 0 Å². The van der Waals surface area contributed by atoms with Crippen LogP contribution in [0.15, 0.2) is 60.7 Å². The molecule has 0 spiro atoms. The molecule has 4 heteroatoms. The highest BCUT2D eigenvalue weighted by Crippen LogP contribution is 2.46. The Bertz CT molecular complexity index is 734. The number of rotatable bonds is 6. The average Bonchev–Trinajstić information content (AvgIpc) is 3.37. The number of fused-ring (bicyclic) bond motifs is 1. The lowest BCUT2D eigenvalue weighted by Gasteiger charge is -2.24. The van der Waals surface area contributed by atoms with Gasteiger partial charge in [0.2, 0.25) is 0 Å². The van der Waals surface area contributed by atoms with E-state index in [1.54, 1.807) is 0 Å². The van der Waals surface area contributed by atoms with Crippen LogP contribution < -0.4 is 0 Å². The maximum absolute atomic E-state index is 10.2. The predicted molar refractivity (Wildman–Crippen MR) is 105 cm³/mol. The molecule has 0 saturated carbocycles. The maximum Gasteiger partial charge on any atom is 0.194 e. The van der Waals surface area contributed by atoms with Gasteiger partial charge in [-0.3, -0.25) is 4.84 Å². The number of hydroxylamine groups is 2. The monoisotopic (exact) mass is 355 g/mol. The van der Waals surface area contributed by atoms with E-state index < -0.39 is 0 Å². The van der Waals surface area contributed by atoms with Crippen molar-refractivity contribution >= 4 is 16.2 Å². The van der Waals surface area contributed by atoms with Crippen LogP contribution in [0.2, 0.25) is 0 Å². The lowest BCUT2D eigenvalue weighted by atomic mass is 9.94. The van der Waals surface area contributed by atoms with E-state index in [-0.39, 0.29) is 11.8 Å². The van der Waals surface area contributed by atoms with Gasteiger partial charge in [-0.25, -0.2) is 0 Å². The number of nitrogens with zero attached hydrogens (tertiary/aromatic N) is 1. The van der Waals surface area contributed by atoms with E-state index in [0.29, 0.717) is 6.42 Å². The van der Waals surface area contributed by atoms with Crippen molar-refractivity contribution < 1.29 is 9.94 Å². The normalized spacial score (nSPS) is 28.8. The summed E-state index contributed by atoms with van der Waals surface area (Å²) in [5.41, 5.74) is 2.37. The first-order chi connectivity index (χ1) is 12.3. The van der Waals surface area contributed by atoms with E-state index in [9.17, 15) is 5.11 Å². The van der Waals surface area contributed by atoms with Gasteiger partial charge in [-0.1, -0.05) is 60.7 Å². The third-order valence-electron chi connectivity index (χ3n) is 5.02. The summed E-state index contributed by atoms with van der Waals surface area (Å²) in [6.45, 7) is 0.827. The summed E-state index contributed by atoms with van der Waals surface area (Å²) in [6, 6.07) is 21.2. The first-order valence-corrected chi connectivity index (χ1v) is 10.1. The topological polar surface area (TPSA) is 35.8 Å². The molecule has 2 fully saturated rings. The van der Waals surface area contributed by atoms with Crippen LogP contribution in [-0.2, 0) is 17.7 Å². The lowest BCUT2D eigenvalue weighted by molar-refractivity contribution is 0.111. The van der Waals surface area contributed by atoms with E-state index in [4.69, 9.17) is 4.84 Å². The third-order valence-corrected chi connectivity index (χ3v) is 6.36. The van der Waals surface area contributed by atoms with Crippen molar-refractivity contribution in [2.45, 2.75) is 37.5 Å². The Morgan fingerprint density at radius 1 is 1.08 bits per heavy atom. The average molecular weight is 356 g/mol. The summed E-state index contributed by atoms with van der Waals surface area (Å²) in [7, 11) is 0. The molecule has 2 aromatic carbocycles. The van der Waals surface area contributed by atoms with Crippen LogP contribution in [0.3, 0.4) is 0 Å². The Morgan fingerprint density at radius 3 is 2.48 bits per heavy atom. The summed E-state index contributed by atoms with van der Waals surface area (Å²) >= 11 is 1.32. The van der Waals surface area contributed by atoms with E-state index in [0.717, 1.165) is 31.6 Å². The number of thiol groups is 1. The summed E-state index contributed by atoms with van der Waals surface area (Å²) < 4.78 is 0. The van der Waals surface area contributed by atoms with Gasteiger partial charge in [0.15, 0.2) is 5.72 Å². The largest absolute Gasteiger partial charge is 0.393 e. The molecule has 0 aliphatic carbocycles. The minimum atomic E-state index is -0.328. The fraction of sp³-hybridized carbons (Fsp3) is 0.381. The van der Waals surface area contributed by atoms with Gasteiger partial charge in [0.25, 0.3) is 0 Å². The number of aliphatic hydroxyl groups excluding tert-OH is 1. The molecule has 0 radical (unpaired) electrons. The SMILES string of the molecule is OC1CCN2OC2(/C(Cc2ccccc2)=[SH]/CCc2ccccc2)C1. The fourth-order valence-electron chi connectivity index (χ4n) is 3.60. The Labute approximate surface area is 153 Å². The van der Waals surface area contributed by atoms with Crippen LogP contribution in [0.1, 0.15) is 24.0 Å². The molecule has 2 saturated heterocycles. The van der Waals surface area contributed by atoms with Gasteiger partial charge < -0.3 is 5.11 Å². The second kappa shape index (κ2) is 7.42. The Kier molecular flexibility index (Phi) is 5.04. The number of hydrogen-bond donors (Lipinski definition) is 2. The molecule has 3 atom stereocenters. The Balaban J connectivity index is 1.52. The van der Waals surface area contributed by atoms with Crippen LogP contribution in [0.25, 0.3) is 0 Å². The minimum Gasteiger partial charge on any atom is -0.393 e. The van der Waals surface area contributed by atoms with Crippen LogP contribution >= 0.6 is 11.4 Å². The highest BCUT2D eigenvalue weighted by Gasteiger charge is 2.60. The van der Waals surface area contributed by atoms with Gasteiger partial charge in [-0.15, -0.1) is 5.06 Å². The molecule has 25 heavy (non-hydrogen) atoms. The van der Waals surface area contributed by atoms with Gasteiger partial charge in [-0.2, -0.15) is 11.4 Å². The molecule has 4 rings (SSSR count). The van der Waals surface area contributed by atoms with Crippen LogP contribution in [-0.4, -0.2) is 39.2 Å². The molecular formula is C21H25NO2S. The van der Waals surface area contributed by atoms with Crippen molar-refractivity contribution in [2.75, 3.05) is 12.3 Å². The van der Waals surface area contributed by atoms with Crippen LogP contribution in [0, 0.1) is 0 Å². The molecule has 3 nitrogen and oxygen atoms in total. The highest BCUT2D eigenvalue weighted by molar-refractivity contribution is 7.98. The van der Waals surface area contributed by atoms with Gasteiger partial charge >= 0.3 is 0 Å². The minimum absolute atomic E-state index is 0.256.